The van der Waals surface area contributed by atoms with Crippen molar-refractivity contribution in [3.05, 3.63) is 66.0 Å². The number of nitrogens with zero attached hydrogens (tertiary/aromatic N) is 5. The Labute approximate surface area is 180 Å². The Morgan fingerprint density at radius 1 is 1.06 bits per heavy atom. The predicted octanol–water partition coefficient (Wildman–Crippen LogP) is 2.42. The Morgan fingerprint density at radius 2 is 1.74 bits per heavy atom. The molecule has 0 aliphatic heterocycles. The van der Waals surface area contributed by atoms with E-state index in [-0.39, 0.29) is 43.1 Å². The zero-order chi connectivity index (χ0) is 22.4. The van der Waals surface area contributed by atoms with Gasteiger partial charge in [-0.3, -0.25) is 9.59 Å². The van der Waals surface area contributed by atoms with Gasteiger partial charge in [0.25, 0.3) is 0 Å². The Balaban J connectivity index is 1.73. The van der Waals surface area contributed by atoms with Gasteiger partial charge in [0.15, 0.2) is 0 Å². The smallest absolute Gasteiger partial charge is 0.247 e. The van der Waals surface area contributed by atoms with E-state index < -0.39 is 5.54 Å². The third-order valence-corrected chi connectivity index (χ3v) is 4.25. The van der Waals surface area contributed by atoms with Gasteiger partial charge < -0.3 is 10.2 Å². The molecule has 1 N–H and O–H groups in total. The molecule has 3 aromatic rings. The molecule has 1 aromatic heterocycles. The van der Waals surface area contributed by atoms with Crippen molar-refractivity contribution in [1.82, 2.24) is 30.4 Å². The van der Waals surface area contributed by atoms with Crippen molar-refractivity contribution in [1.29, 1.82) is 0 Å². The molecule has 0 aliphatic rings. The molecule has 0 unspecified atom stereocenters. The highest BCUT2D eigenvalue weighted by Crippen LogP contribution is 2.14. The molecule has 0 fully saturated rings. The summed E-state index contributed by atoms with van der Waals surface area (Å²) < 4.78 is 13.1. The van der Waals surface area contributed by atoms with E-state index in [1.807, 2.05) is 51.1 Å². The van der Waals surface area contributed by atoms with Crippen LogP contribution in [0.15, 0.2) is 54.6 Å². The van der Waals surface area contributed by atoms with Crippen LogP contribution >= 0.6 is 0 Å². The van der Waals surface area contributed by atoms with Crippen LogP contribution in [0.2, 0.25) is 0 Å². The number of aromatic nitrogens is 4. The summed E-state index contributed by atoms with van der Waals surface area (Å²) in [7, 11) is 0. The summed E-state index contributed by atoms with van der Waals surface area (Å²) >= 11 is 0. The zero-order valence-corrected chi connectivity index (χ0v) is 17.7. The summed E-state index contributed by atoms with van der Waals surface area (Å²) in [6.07, 6.45) is 0. The van der Waals surface area contributed by atoms with Gasteiger partial charge in [-0.2, -0.15) is 4.80 Å². The van der Waals surface area contributed by atoms with Crippen LogP contribution in [0.3, 0.4) is 0 Å². The highest BCUT2D eigenvalue weighted by molar-refractivity contribution is 5.85. The molecule has 2 aromatic carbocycles. The Kier molecular flexibility index (Phi) is 6.74. The molecule has 0 saturated carbocycles. The maximum Gasteiger partial charge on any atom is 0.247 e. The minimum atomic E-state index is -0.407. The molecule has 3 rings (SSSR count). The minimum absolute atomic E-state index is 0.0927. The largest absolute Gasteiger partial charge is 0.350 e. The molecule has 0 aliphatic carbocycles. The third kappa shape index (κ3) is 6.70. The first kappa shape index (κ1) is 22.1. The summed E-state index contributed by atoms with van der Waals surface area (Å²) in [4.78, 5) is 28.0. The Hall–Kier alpha value is -3.62. The van der Waals surface area contributed by atoms with Crippen molar-refractivity contribution in [2.75, 3.05) is 6.54 Å². The van der Waals surface area contributed by atoms with E-state index >= 15 is 0 Å². The van der Waals surface area contributed by atoms with E-state index in [0.29, 0.717) is 5.56 Å². The van der Waals surface area contributed by atoms with Crippen LogP contribution in [0.1, 0.15) is 26.3 Å². The van der Waals surface area contributed by atoms with Crippen molar-refractivity contribution >= 4 is 11.8 Å². The van der Waals surface area contributed by atoms with E-state index in [2.05, 4.69) is 20.7 Å². The van der Waals surface area contributed by atoms with Crippen LogP contribution in [-0.2, 0) is 22.7 Å². The highest BCUT2D eigenvalue weighted by atomic mass is 19.1. The van der Waals surface area contributed by atoms with Gasteiger partial charge in [-0.25, -0.2) is 4.39 Å². The quantitative estimate of drug-likeness (QED) is 0.629. The lowest BCUT2D eigenvalue weighted by atomic mass is 10.1. The van der Waals surface area contributed by atoms with Crippen LogP contribution in [0, 0.1) is 5.82 Å². The van der Waals surface area contributed by atoms with E-state index in [4.69, 9.17) is 0 Å². The monoisotopic (exact) mass is 424 g/mol. The van der Waals surface area contributed by atoms with Crippen LogP contribution < -0.4 is 5.32 Å². The second-order valence-electron chi connectivity index (χ2n) is 8.18. The van der Waals surface area contributed by atoms with Gasteiger partial charge in [0.05, 0.1) is 6.54 Å². The standard InChI is InChI=1S/C22H25FN6O2/c1-22(2,3)24-19(30)14-28(13-16-7-5-4-6-8-16)20(31)15-29-26-21(25-27-29)17-9-11-18(23)12-10-17/h4-12H,13-15H2,1-3H3,(H,24,30). The van der Waals surface area contributed by atoms with Gasteiger partial charge in [0.1, 0.15) is 12.4 Å². The molecule has 0 atom stereocenters. The number of hydrogen-bond donors (Lipinski definition) is 1. The zero-order valence-electron chi connectivity index (χ0n) is 17.7. The summed E-state index contributed by atoms with van der Waals surface area (Å²) in [5.74, 6) is -0.657. The lowest BCUT2D eigenvalue weighted by molar-refractivity contribution is -0.138. The van der Waals surface area contributed by atoms with Crippen LogP contribution in [0.25, 0.3) is 11.4 Å². The van der Waals surface area contributed by atoms with Gasteiger partial charge in [-0.05, 0) is 55.8 Å². The number of hydrogen-bond acceptors (Lipinski definition) is 5. The van der Waals surface area contributed by atoms with Crippen molar-refractivity contribution in [2.24, 2.45) is 0 Å². The number of tetrazole rings is 1. The highest BCUT2D eigenvalue weighted by Gasteiger charge is 2.22. The Bertz CT molecular complexity index is 1030. The van der Waals surface area contributed by atoms with E-state index in [1.165, 1.54) is 34.0 Å². The third-order valence-electron chi connectivity index (χ3n) is 4.25. The Morgan fingerprint density at radius 3 is 2.39 bits per heavy atom. The topological polar surface area (TPSA) is 93.0 Å². The summed E-state index contributed by atoms with van der Waals surface area (Å²) in [6.45, 7) is 5.64. The van der Waals surface area contributed by atoms with Crippen LogP contribution in [0.5, 0.6) is 0 Å². The molecular formula is C22H25FN6O2. The molecule has 8 nitrogen and oxygen atoms in total. The maximum absolute atomic E-state index is 13.1. The van der Waals surface area contributed by atoms with Gasteiger partial charge in [0, 0.05) is 17.6 Å². The fourth-order valence-corrected chi connectivity index (χ4v) is 2.91. The average Bonchev–Trinajstić information content (AvgIpc) is 3.16. The summed E-state index contributed by atoms with van der Waals surface area (Å²) in [5, 5.41) is 14.9. The van der Waals surface area contributed by atoms with Gasteiger partial charge in [-0.15, -0.1) is 10.2 Å². The number of carbonyl (C=O) groups is 2. The second-order valence-corrected chi connectivity index (χ2v) is 8.18. The molecule has 2 amide bonds. The SMILES string of the molecule is CC(C)(C)NC(=O)CN(Cc1ccccc1)C(=O)Cn1nnc(-c2ccc(F)cc2)n1. The molecule has 1 heterocycles. The first-order valence-electron chi connectivity index (χ1n) is 9.86. The number of carbonyl (C=O) groups excluding carboxylic acids is 2. The number of nitrogens with one attached hydrogen (secondary N) is 1. The van der Waals surface area contributed by atoms with Crippen molar-refractivity contribution < 1.29 is 14.0 Å². The van der Waals surface area contributed by atoms with Crippen molar-refractivity contribution in [3.8, 4) is 11.4 Å². The molecule has 0 spiro atoms. The predicted molar refractivity (Wildman–Crippen MR) is 113 cm³/mol. The number of rotatable bonds is 7. The summed E-state index contributed by atoms with van der Waals surface area (Å²) in [6, 6.07) is 15.1. The average molecular weight is 424 g/mol. The summed E-state index contributed by atoms with van der Waals surface area (Å²) in [5.41, 5.74) is 1.08. The molecule has 0 radical (unpaired) electrons. The molecular weight excluding hydrogens is 399 g/mol. The van der Waals surface area contributed by atoms with Crippen molar-refractivity contribution in [3.63, 3.8) is 0 Å². The molecule has 9 heteroatoms. The molecule has 162 valence electrons. The minimum Gasteiger partial charge on any atom is -0.350 e. The fourth-order valence-electron chi connectivity index (χ4n) is 2.91. The normalized spacial score (nSPS) is 11.2. The van der Waals surface area contributed by atoms with Crippen LogP contribution in [-0.4, -0.2) is 49.0 Å². The van der Waals surface area contributed by atoms with E-state index in [0.717, 1.165) is 5.56 Å². The number of benzene rings is 2. The number of halogens is 1. The van der Waals surface area contributed by atoms with E-state index in [1.54, 1.807) is 0 Å². The molecule has 0 saturated heterocycles. The first-order valence-corrected chi connectivity index (χ1v) is 9.86. The van der Waals surface area contributed by atoms with Gasteiger partial charge in [0.2, 0.25) is 17.6 Å². The lowest BCUT2D eigenvalue weighted by Gasteiger charge is -2.26. The van der Waals surface area contributed by atoms with E-state index in [9.17, 15) is 14.0 Å². The molecule has 31 heavy (non-hydrogen) atoms. The molecule has 0 bridgehead atoms. The van der Waals surface area contributed by atoms with Crippen LogP contribution in [0.4, 0.5) is 4.39 Å². The number of amides is 2. The fraction of sp³-hybridized carbons (Fsp3) is 0.318. The second kappa shape index (κ2) is 9.46. The first-order chi connectivity index (χ1) is 14.7. The van der Waals surface area contributed by atoms with Gasteiger partial charge >= 0.3 is 0 Å². The van der Waals surface area contributed by atoms with Gasteiger partial charge in [-0.1, -0.05) is 30.3 Å². The van der Waals surface area contributed by atoms with Crippen molar-refractivity contribution in [2.45, 2.75) is 39.4 Å². The maximum atomic E-state index is 13.1. The lowest BCUT2D eigenvalue weighted by Crippen LogP contribution is -2.47.